The first kappa shape index (κ1) is 12.2. The van der Waals surface area contributed by atoms with Gasteiger partial charge < -0.3 is 14.9 Å². The van der Waals surface area contributed by atoms with Crippen LogP contribution in [-0.4, -0.2) is 28.2 Å². The molecule has 88 valence electrons. The molecule has 2 atom stereocenters. The van der Waals surface area contributed by atoms with Gasteiger partial charge in [-0.2, -0.15) is 0 Å². The molecule has 0 saturated heterocycles. The van der Waals surface area contributed by atoms with Crippen molar-refractivity contribution >= 4 is 11.9 Å². The predicted octanol–water partition coefficient (Wildman–Crippen LogP) is 0.822. The Morgan fingerprint density at radius 1 is 1.50 bits per heavy atom. The van der Waals surface area contributed by atoms with Gasteiger partial charge in [-0.15, -0.1) is 0 Å². The molecule has 1 heterocycles. The Hall–Kier alpha value is -1.85. The van der Waals surface area contributed by atoms with Crippen LogP contribution in [-0.2, 0) is 4.79 Å². The van der Waals surface area contributed by atoms with Crippen molar-refractivity contribution in [1.82, 2.24) is 10.5 Å². The molecule has 0 aliphatic heterocycles. The monoisotopic (exact) mass is 226 g/mol. The van der Waals surface area contributed by atoms with Crippen LogP contribution in [0.3, 0.4) is 0 Å². The number of nitrogens with zero attached hydrogens (tertiary/aromatic N) is 1. The second-order valence-electron chi connectivity index (χ2n) is 3.72. The zero-order valence-corrected chi connectivity index (χ0v) is 9.35. The van der Waals surface area contributed by atoms with Crippen molar-refractivity contribution in [1.29, 1.82) is 0 Å². The van der Waals surface area contributed by atoms with Gasteiger partial charge in [-0.1, -0.05) is 5.16 Å². The average Bonchev–Trinajstić information content (AvgIpc) is 2.63. The minimum absolute atomic E-state index is 0.0851. The Kier molecular flexibility index (Phi) is 3.65. The van der Waals surface area contributed by atoms with Crippen LogP contribution in [0, 0.1) is 12.8 Å². The molecule has 0 fully saturated rings. The SMILES string of the molecule is Cc1cc(C(=O)NC(C)C(C)C(=O)O)on1. The zero-order valence-electron chi connectivity index (χ0n) is 9.35. The number of amides is 1. The number of carboxylic acids is 1. The van der Waals surface area contributed by atoms with Crippen molar-refractivity contribution in [2.45, 2.75) is 26.8 Å². The Labute approximate surface area is 92.6 Å². The van der Waals surface area contributed by atoms with Crippen molar-refractivity contribution in [3.8, 4) is 0 Å². The van der Waals surface area contributed by atoms with E-state index in [0.717, 1.165) is 0 Å². The highest BCUT2D eigenvalue weighted by Gasteiger charge is 2.22. The molecule has 0 saturated carbocycles. The Balaban J connectivity index is 2.61. The Morgan fingerprint density at radius 2 is 2.12 bits per heavy atom. The lowest BCUT2D eigenvalue weighted by Crippen LogP contribution is -2.39. The number of carbonyl (C=O) groups is 2. The van der Waals surface area contributed by atoms with Crippen LogP contribution in [0.1, 0.15) is 30.1 Å². The lowest BCUT2D eigenvalue weighted by molar-refractivity contribution is -0.141. The first-order valence-corrected chi connectivity index (χ1v) is 4.88. The van der Waals surface area contributed by atoms with Gasteiger partial charge in [0.05, 0.1) is 11.6 Å². The van der Waals surface area contributed by atoms with Crippen molar-refractivity contribution in [2.75, 3.05) is 0 Å². The fraction of sp³-hybridized carbons (Fsp3) is 0.500. The minimum atomic E-state index is -0.957. The highest BCUT2D eigenvalue weighted by molar-refractivity contribution is 5.91. The van der Waals surface area contributed by atoms with E-state index in [1.54, 1.807) is 13.8 Å². The number of aryl methyl sites for hydroxylation is 1. The van der Waals surface area contributed by atoms with E-state index in [1.165, 1.54) is 13.0 Å². The summed E-state index contributed by atoms with van der Waals surface area (Å²) in [5.74, 6) is -1.99. The summed E-state index contributed by atoms with van der Waals surface area (Å²) in [6, 6.07) is 1.02. The van der Waals surface area contributed by atoms with Crippen LogP contribution in [0.15, 0.2) is 10.6 Å². The number of aliphatic carboxylic acids is 1. The number of rotatable bonds is 4. The van der Waals surface area contributed by atoms with Gasteiger partial charge in [0.2, 0.25) is 5.76 Å². The average molecular weight is 226 g/mol. The number of carboxylic acid groups (broad SMARTS) is 1. The summed E-state index contributed by atoms with van der Waals surface area (Å²) in [5, 5.41) is 14.9. The van der Waals surface area contributed by atoms with E-state index in [1.807, 2.05) is 0 Å². The molecular formula is C10H14N2O4. The molecule has 0 spiro atoms. The van der Waals surface area contributed by atoms with Crippen molar-refractivity contribution < 1.29 is 19.2 Å². The Morgan fingerprint density at radius 3 is 2.56 bits per heavy atom. The number of nitrogens with one attached hydrogen (secondary N) is 1. The standard InChI is InChI=1S/C10H14N2O4/c1-5-4-8(16-12-5)9(13)11-7(3)6(2)10(14)15/h4,6-7H,1-3H3,(H,11,13)(H,14,15). The fourth-order valence-corrected chi connectivity index (χ4v) is 1.09. The maximum Gasteiger partial charge on any atom is 0.308 e. The van der Waals surface area contributed by atoms with Gasteiger partial charge in [-0.3, -0.25) is 9.59 Å². The molecule has 2 unspecified atom stereocenters. The minimum Gasteiger partial charge on any atom is -0.481 e. The van der Waals surface area contributed by atoms with E-state index in [4.69, 9.17) is 9.63 Å². The number of aromatic nitrogens is 1. The number of hydrogen-bond donors (Lipinski definition) is 2. The molecule has 2 N–H and O–H groups in total. The molecule has 6 heteroatoms. The van der Waals surface area contributed by atoms with Crippen LogP contribution in [0.5, 0.6) is 0 Å². The van der Waals surface area contributed by atoms with Gasteiger partial charge in [0.1, 0.15) is 0 Å². The molecule has 1 aromatic heterocycles. The number of carbonyl (C=O) groups excluding carboxylic acids is 1. The van der Waals surface area contributed by atoms with Gasteiger partial charge in [0.25, 0.3) is 5.91 Å². The van der Waals surface area contributed by atoms with Crippen LogP contribution in [0.25, 0.3) is 0 Å². The van der Waals surface area contributed by atoms with Crippen molar-refractivity contribution in [3.05, 3.63) is 17.5 Å². The van der Waals surface area contributed by atoms with E-state index >= 15 is 0 Å². The van der Waals surface area contributed by atoms with Crippen molar-refractivity contribution in [3.63, 3.8) is 0 Å². The number of hydrogen-bond acceptors (Lipinski definition) is 4. The van der Waals surface area contributed by atoms with Gasteiger partial charge in [-0.05, 0) is 20.8 Å². The third-order valence-corrected chi connectivity index (χ3v) is 2.35. The lowest BCUT2D eigenvalue weighted by atomic mass is 10.0. The lowest BCUT2D eigenvalue weighted by Gasteiger charge is -2.16. The highest BCUT2D eigenvalue weighted by Crippen LogP contribution is 2.06. The van der Waals surface area contributed by atoms with Crippen LogP contribution in [0.4, 0.5) is 0 Å². The predicted molar refractivity (Wildman–Crippen MR) is 55.0 cm³/mol. The first-order chi connectivity index (χ1) is 7.41. The third-order valence-electron chi connectivity index (χ3n) is 2.35. The molecule has 16 heavy (non-hydrogen) atoms. The summed E-state index contributed by atoms with van der Waals surface area (Å²) >= 11 is 0. The third kappa shape index (κ3) is 2.82. The highest BCUT2D eigenvalue weighted by atomic mass is 16.5. The van der Waals surface area contributed by atoms with Gasteiger partial charge in [0.15, 0.2) is 0 Å². The molecule has 6 nitrogen and oxygen atoms in total. The van der Waals surface area contributed by atoms with Gasteiger partial charge >= 0.3 is 5.97 Å². The zero-order chi connectivity index (χ0) is 12.3. The topological polar surface area (TPSA) is 92.4 Å². The van der Waals surface area contributed by atoms with E-state index in [9.17, 15) is 9.59 Å². The normalized spacial score (nSPS) is 14.2. The van der Waals surface area contributed by atoms with Gasteiger partial charge in [-0.25, -0.2) is 0 Å². The second kappa shape index (κ2) is 4.78. The van der Waals surface area contributed by atoms with E-state index in [0.29, 0.717) is 5.69 Å². The summed E-state index contributed by atoms with van der Waals surface area (Å²) in [6.45, 7) is 4.85. The van der Waals surface area contributed by atoms with E-state index in [-0.39, 0.29) is 5.76 Å². The molecule has 1 amide bonds. The molecule has 1 rings (SSSR count). The van der Waals surface area contributed by atoms with Crippen LogP contribution >= 0.6 is 0 Å². The molecule has 0 aliphatic rings. The van der Waals surface area contributed by atoms with Gasteiger partial charge in [0, 0.05) is 12.1 Å². The molecule has 0 bridgehead atoms. The molecule has 1 aromatic rings. The van der Waals surface area contributed by atoms with Crippen molar-refractivity contribution in [2.24, 2.45) is 5.92 Å². The van der Waals surface area contributed by atoms with E-state index in [2.05, 4.69) is 10.5 Å². The van der Waals surface area contributed by atoms with E-state index < -0.39 is 23.8 Å². The van der Waals surface area contributed by atoms with Crippen LogP contribution < -0.4 is 5.32 Å². The maximum absolute atomic E-state index is 11.6. The summed E-state index contributed by atoms with van der Waals surface area (Å²) in [7, 11) is 0. The smallest absolute Gasteiger partial charge is 0.308 e. The van der Waals surface area contributed by atoms with Crippen LogP contribution in [0.2, 0.25) is 0 Å². The molecule has 0 radical (unpaired) electrons. The maximum atomic E-state index is 11.6. The largest absolute Gasteiger partial charge is 0.481 e. The second-order valence-corrected chi connectivity index (χ2v) is 3.72. The summed E-state index contributed by atoms with van der Waals surface area (Å²) in [4.78, 5) is 22.2. The summed E-state index contributed by atoms with van der Waals surface area (Å²) < 4.78 is 4.76. The fourth-order valence-electron chi connectivity index (χ4n) is 1.09. The molecule has 0 aliphatic carbocycles. The summed E-state index contributed by atoms with van der Waals surface area (Å²) in [5.41, 5.74) is 0.601. The molecular weight excluding hydrogens is 212 g/mol. The molecule has 0 aromatic carbocycles. The summed E-state index contributed by atoms with van der Waals surface area (Å²) in [6.07, 6.45) is 0. The first-order valence-electron chi connectivity index (χ1n) is 4.88. The Bertz CT molecular complexity index is 399. The quantitative estimate of drug-likeness (QED) is 0.792.